The predicted molar refractivity (Wildman–Crippen MR) is 121 cm³/mol. The van der Waals surface area contributed by atoms with E-state index in [1.165, 1.54) is 5.56 Å². The molecule has 4 nitrogen and oxygen atoms in total. The number of hydrogen-bond acceptors (Lipinski definition) is 5. The molecule has 0 amide bonds. The van der Waals surface area contributed by atoms with Crippen molar-refractivity contribution in [3.63, 3.8) is 0 Å². The maximum atomic E-state index is 5.69. The van der Waals surface area contributed by atoms with E-state index in [0.29, 0.717) is 6.54 Å². The zero-order valence-electron chi connectivity index (χ0n) is 15.8. The number of thiazole rings is 1. The number of unbranched alkanes of at least 4 members (excludes halogenated alkanes) is 1. The van der Waals surface area contributed by atoms with Crippen LogP contribution in [-0.2, 0) is 6.54 Å². The fourth-order valence-corrected chi connectivity index (χ4v) is 4.37. The minimum absolute atomic E-state index is 0.708. The number of hydrogen-bond donors (Lipinski definition) is 1. The lowest BCUT2D eigenvalue weighted by Gasteiger charge is -2.10. The Bertz CT molecular complexity index is 1120. The standard InChI is InChI=1S/C22H22N4S2/c1-2-3-14-23-20-18-21(25-19(24-20)17-12-8-5-9-13-17)26(22(27)28-18)15-16-10-6-4-7-11-16/h4-13H,2-3,14-15H2,1H3,(H,23,24,25). The van der Waals surface area contributed by atoms with Crippen LogP contribution in [0.2, 0.25) is 0 Å². The Labute approximate surface area is 173 Å². The highest BCUT2D eigenvalue weighted by Crippen LogP contribution is 2.31. The van der Waals surface area contributed by atoms with E-state index in [2.05, 4.69) is 41.1 Å². The first kappa shape index (κ1) is 18.8. The first-order chi connectivity index (χ1) is 13.8. The molecular weight excluding hydrogens is 384 g/mol. The largest absolute Gasteiger partial charge is 0.369 e. The molecule has 0 aliphatic carbocycles. The van der Waals surface area contributed by atoms with Gasteiger partial charge in [0.05, 0.1) is 6.54 Å². The van der Waals surface area contributed by atoms with Gasteiger partial charge >= 0.3 is 0 Å². The molecule has 2 aromatic carbocycles. The van der Waals surface area contributed by atoms with Crippen molar-refractivity contribution in [2.75, 3.05) is 11.9 Å². The van der Waals surface area contributed by atoms with Gasteiger partial charge in [-0.1, -0.05) is 85.3 Å². The second-order valence-electron chi connectivity index (χ2n) is 6.63. The van der Waals surface area contributed by atoms with E-state index in [-0.39, 0.29) is 0 Å². The second kappa shape index (κ2) is 8.63. The number of fused-ring (bicyclic) bond motifs is 1. The summed E-state index contributed by atoms with van der Waals surface area (Å²) in [6, 6.07) is 20.5. The summed E-state index contributed by atoms with van der Waals surface area (Å²) in [5.74, 6) is 1.60. The van der Waals surface area contributed by atoms with Crippen LogP contribution >= 0.6 is 23.6 Å². The number of anilines is 1. The zero-order valence-corrected chi connectivity index (χ0v) is 17.4. The molecule has 0 saturated carbocycles. The van der Waals surface area contributed by atoms with Crippen molar-refractivity contribution in [3.05, 3.63) is 70.2 Å². The Morgan fingerprint density at radius 3 is 2.43 bits per heavy atom. The molecule has 0 aliphatic heterocycles. The highest BCUT2D eigenvalue weighted by molar-refractivity contribution is 7.73. The Kier molecular flexibility index (Phi) is 5.78. The third-order valence-corrected chi connectivity index (χ3v) is 6.00. The molecule has 0 unspecified atom stereocenters. The Morgan fingerprint density at radius 2 is 1.71 bits per heavy atom. The summed E-state index contributed by atoms with van der Waals surface area (Å²) in [5.41, 5.74) is 3.11. The van der Waals surface area contributed by atoms with Crippen LogP contribution in [0.5, 0.6) is 0 Å². The van der Waals surface area contributed by atoms with E-state index in [1.807, 2.05) is 36.4 Å². The van der Waals surface area contributed by atoms with Crippen LogP contribution in [0.15, 0.2) is 60.7 Å². The third-order valence-electron chi connectivity index (χ3n) is 4.55. The van der Waals surface area contributed by atoms with Gasteiger partial charge in [-0.3, -0.25) is 0 Å². The van der Waals surface area contributed by atoms with Crippen molar-refractivity contribution >= 4 is 39.7 Å². The molecule has 0 fully saturated rings. The molecule has 6 heteroatoms. The minimum atomic E-state index is 0.708. The van der Waals surface area contributed by atoms with Crippen molar-refractivity contribution in [2.24, 2.45) is 0 Å². The average molecular weight is 407 g/mol. The molecular formula is C22H22N4S2. The topological polar surface area (TPSA) is 42.7 Å². The summed E-state index contributed by atoms with van der Waals surface area (Å²) in [6.45, 7) is 3.78. The smallest absolute Gasteiger partial charge is 0.163 e. The van der Waals surface area contributed by atoms with Crippen LogP contribution in [0.4, 0.5) is 5.82 Å². The van der Waals surface area contributed by atoms with Gasteiger partial charge in [0, 0.05) is 12.1 Å². The van der Waals surface area contributed by atoms with Crippen LogP contribution in [0.25, 0.3) is 21.7 Å². The van der Waals surface area contributed by atoms with Crippen LogP contribution in [0, 0.1) is 3.95 Å². The maximum absolute atomic E-state index is 5.69. The summed E-state index contributed by atoms with van der Waals surface area (Å²) < 4.78 is 3.96. The molecule has 2 aromatic heterocycles. The highest BCUT2D eigenvalue weighted by Gasteiger charge is 2.15. The molecule has 4 rings (SSSR count). The van der Waals surface area contributed by atoms with E-state index >= 15 is 0 Å². The molecule has 0 spiro atoms. The molecule has 0 aliphatic rings. The van der Waals surface area contributed by atoms with Gasteiger partial charge in [0.15, 0.2) is 15.4 Å². The number of nitrogens with one attached hydrogen (secondary N) is 1. The summed E-state index contributed by atoms with van der Waals surface area (Å²) in [5, 5.41) is 3.50. The highest BCUT2D eigenvalue weighted by atomic mass is 32.1. The Hall–Kier alpha value is -2.57. The van der Waals surface area contributed by atoms with E-state index < -0.39 is 0 Å². The summed E-state index contributed by atoms with van der Waals surface area (Å²) >= 11 is 7.27. The number of aromatic nitrogens is 3. The molecule has 4 aromatic rings. The first-order valence-corrected chi connectivity index (χ1v) is 10.7. The molecule has 0 saturated heterocycles. The van der Waals surface area contributed by atoms with Crippen molar-refractivity contribution in [3.8, 4) is 11.4 Å². The number of nitrogens with zero attached hydrogens (tertiary/aromatic N) is 3. The van der Waals surface area contributed by atoms with Crippen molar-refractivity contribution < 1.29 is 0 Å². The van der Waals surface area contributed by atoms with Crippen LogP contribution in [-0.4, -0.2) is 21.1 Å². The van der Waals surface area contributed by atoms with E-state index in [4.69, 9.17) is 22.2 Å². The summed E-state index contributed by atoms with van der Waals surface area (Å²) in [6.07, 6.45) is 2.24. The van der Waals surface area contributed by atoms with E-state index in [9.17, 15) is 0 Å². The monoisotopic (exact) mass is 406 g/mol. The average Bonchev–Trinajstić information content (AvgIpc) is 3.05. The van der Waals surface area contributed by atoms with Gasteiger partial charge in [-0.05, 0) is 24.2 Å². The van der Waals surface area contributed by atoms with Crippen molar-refractivity contribution in [1.82, 2.24) is 14.5 Å². The predicted octanol–water partition coefficient (Wildman–Crippen LogP) is 6.15. The van der Waals surface area contributed by atoms with Crippen molar-refractivity contribution in [1.29, 1.82) is 0 Å². The second-order valence-corrected chi connectivity index (χ2v) is 8.28. The fourth-order valence-electron chi connectivity index (χ4n) is 3.07. The molecule has 1 N–H and O–H groups in total. The Balaban J connectivity index is 1.85. The third kappa shape index (κ3) is 3.98. The molecule has 0 radical (unpaired) electrons. The number of rotatable bonds is 7. The Morgan fingerprint density at radius 1 is 1.00 bits per heavy atom. The zero-order chi connectivity index (χ0) is 19.3. The lowest BCUT2D eigenvalue weighted by atomic mass is 10.2. The fraction of sp³-hybridized carbons (Fsp3) is 0.227. The first-order valence-electron chi connectivity index (χ1n) is 9.51. The molecule has 0 atom stereocenters. The quantitative estimate of drug-likeness (QED) is 0.295. The SMILES string of the molecule is CCCCNc1nc(-c2ccccc2)nc2c1sc(=S)n2Cc1ccccc1. The van der Waals surface area contributed by atoms with E-state index in [1.54, 1.807) is 11.3 Å². The molecule has 142 valence electrons. The normalized spacial score (nSPS) is 11.0. The van der Waals surface area contributed by atoms with Gasteiger partial charge in [-0.2, -0.15) is 0 Å². The number of benzene rings is 2. The van der Waals surface area contributed by atoms with Gasteiger partial charge in [0.25, 0.3) is 0 Å². The summed E-state index contributed by atoms with van der Waals surface area (Å²) in [4.78, 5) is 9.74. The van der Waals surface area contributed by atoms with E-state index in [0.717, 1.165) is 50.9 Å². The van der Waals surface area contributed by atoms with Crippen LogP contribution < -0.4 is 5.32 Å². The van der Waals surface area contributed by atoms with Gasteiger partial charge in [-0.25, -0.2) is 9.97 Å². The lowest BCUT2D eigenvalue weighted by Crippen LogP contribution is -2.07. The lowest BCUT2D eigenvalue weighted by molar-refractivity contribution is 0.817. The van der Waals surface area contributed by atoms with Crippen LogP contribution in [0.1, 0.15) is 25.3 Å². The minimum Gasteiger partial charge on any atom is -0.369 e. The summed E-state index contributed by atoms with van der Waals surface area (Å²) in [7, 11) is 0. The maximum Gasteiger partial charge on any atom is 0.163 e. The molecule has 0 bridgehead atoms. The van der Waals surface area contributed by atoms with Gasteiger partial charge < -0.3 is 9.88 Å². The van der Waals surface area contributed by atoms with Gasteiger partial charge in [0.1, 0.15) is 10.5 Å². The molecule has 2 heterocycles. The van der Waals surface area contributed by atoms with Gasteiger partial charge in [-0.15, -0.1) is 0 Å². The molecule has 28 heavy (non-hydrogen) atoms. The van der Waals surface area contributed by atoms with Gasteiger partial charge in [0.2, 0.25) is 0 Å². The van der Waals surface area contributed by atoms with Crippen LogP contribution in [0.3, 0.4) is 0 Å². The van der Waals surface area contributed by atoms with Crippen molar-refractivity contribution in [2.45, 2.75) is 26.3 Å².